The summed E-state index contributed by atoms with van der Waals surface area (Å²) in [5.74, 6) is -0.728. The van der Waals surface area contributed by atoms with E-state index in [0.717, 1.165) is 16.7 Å². The van der Waals surface area contributed by atoms with Crippen LogP contribution in [0.15, 0.2) is 91.0 Å². The molecule has 8 N–H and O–H groups in total. The van der Waals surface area contributed by atoms with Crippen LogP contribution >= 0.6 is 0 Å². The topological polar surface area (TPSA) is 189 Å². The largest absolute Gasteiger partial charge is 0.445 e. The molecular weight excluding hydrogens is 650 g/mol. The number of rotatable bonds is 20. The van der Waals surface area contributed by atoms with Gasteiger partial charge in [-0.25, -0.2) is 9.59 Å². The van der Waals surface area contributed by atoms with E-state index in [1.54, 1.807) is 20.8 Å². The van der Waals surface area contributed by atoms with Crippen molar-refractivity contribution in [3.8, 4) is 0 Å². The van der Waals surface area contributed by atoms with Gasteiger partial charge in [0.1, 0.15) is 18.2 Å². The molecule has 12 heteroatoms. The zero-order valence-corrected chi connectivity index (χ0v) is 29.9. The van der Waals surface area contributed by atoms with Crippen LogP contribution < -0.4 is 22.1 Å². The van der Waals surface area contributed by atoms with E-state index in [1.165, 1.54) is 4.90 Å². The predicted molar refractivity (Wildman–Crippen MR) is 196 cm³/mol. The highest BCUT2D eigenvalue weighted by molar-refractivity contribution is 5.84. The monoisotopic (exact) mass is 705 g/mol. The number of carbonyl (C=O) groups excluding carboxylic acids is 3. The Morgan fingerprint density at radius 1 is 0.784 bits per heavy atom. The molecule has 0 aliphatic rings. The molecule has 1 unspecified atom stereocenters. The third kappa shape index (κ3) is 14.7. The number of ether oxygens (including phenoxy) is 2. The summed E-state index contributed by atoms with van der Waals surface area (Å²) in [6.45, 7) is 5.53. The third-order valence-corrected chi connectivity index (χ3v) is 8.27. The molecule has 0 saturated heterocycles. The van der Waals surface area contributed by atoms with Crippen molar-refractivity contribution in [1.82, 2.24) is 15.5 Å². The highest BCUT2D eigenvalue weighted by atomic mass is 16.6. The van der Waals surface area contributed by atoms with E-state index in [2.05, 4.69) is 10.6 Å². The Hall–Kier alpha value is -4.49. The first kappa shape index (κ1) is 40.9. The van der Waals surface area contributed by atoms with Crippen molar-refractivity contribution >= 4 is 18.1 Å². The first-order valence-electron chi connectivity index (χ1n) is 17.5. The average molecular weight is 706 g/mol. The number of alkyl carbamates (subject to hydrolysis) is 1. The molecule has 278 valence electrons. The summed E-state index contributed by atoms with van der Waals surface area (Å²) in [4.78, 5) is 40.9. The Morgan fingerprint density at radius 3 is 1.84 bits per heavy atom. The highest BCUT2D eigenvalue weighted by Gasteiger charge is 2.39. The van der Waals surface area contributed by atoms with Crippen molar-refractivity contribution in [3.05, 3.63) is 108 Å². The molecule has 5 atom stereocenters. The molecule has 0 heterocycles. The molecule has 0 saturated carbocycles. The quantitative estimate of drug-likeness (QED) is 0.0954. The number of unbranched alkanes of at least 4 members (excludes halogenated alkanes) is 1. The van der Waals surface area contributed by atoms with Crippen LogP contribution in [0.25, 0.3) is 0 Å². The molecular formula is C39H55N5O7. The van der Waals surface area contributed by atoms with E-state index in [4.69, 9.17) is 20.9 Å². The van der Waals surface area contributed by atoms with Crippen molar-refractivity contribution < 1.29 is 34.1 Å². The maximum absolute atomic E-state index is 13.9. The Balaban J connectivity index is 1.85. The fraction of sp³-hybridized carbons (Fsp3) is 0.462. The molecule has 12 nitrogen and oxygen atoms in total. The van der Waals surface area contributed by atoms with E-state index in [9.17, 15) is 24.6 Å². The number of benzene rings is 3. The minimum Gasteiger partial charge on any atom is -0.445 e. The van der Waals surface area contributed by atoms with Gasteiger partial charge in [0, 0.05) is 13.1 Å². The van der Waals surface area contributed by atoms with E-state index < -0.39 is 54.0 Å². The molecule has 0 bridgehead atoms. The van der Waals surface area contributed by atoms with Gasteiger partial charge in [-0.05, 0) is 76.1 Å². The fourth-order valence-corrected chi connectivity index (χ4v) is 5.73. The van der Waals surface area contributed by atoms with Crippen LogP contribution in [0.4, 0.5) is 9.59 Å². The Kier molecular flexibility index (Phi) is 16.9. The molecule has 0 aliphatic carbocycles. The second kappa shape index (κ2) is 21.0. The molecule has 3 rings (SSSR count). The number of aliphatic hydroxyl groups is 2. The number of primary amides is 1. The van der Waals surface area contributed by atoms with Crippen molar-refractivity contribution in [2.24, 2.45) is 11.5 Å². The summed E-state index contributed by atoms with van der Waals surface area (Å²) >= 11 is 0. The van der Waals surface area contributed by atoms with Crippen LogP contribution in [-0.2, 0) is 33.7 Å². The molecule has 3 amide bonds. The fourth-order valence-electron chi connectivity index (χ4n) is 5.73. The standard InChI is InChI=1S/C39H55N5O7/c1-39(2,3)51-37(48)43-31(23-28-15-7-4-8-16-28)34(45)25-42-26-35(46)33(24-29-17-9-5-10-18-29)44(32(36(41)47)21-13-14-22-40)38(49)50-27-30-19-11-6-12-20-30/h4-12,15-20,31-35,42,45-46H,13-14,21-27,40H2,1-3H3,(H2,41,47)(H,43,48)/t31-,32+,33-,34?,35+/m1/s1. The molecule has 51 heavy (non-hydrogen) atoms. The maximum atomic E-state index is 13.9. The van der Waals surface area contributed by atoms with Crippen molar-refractivity contribution in [3.63, 3.8) is 0 Å². The minimum absolute atomic E-state index is 0.0172. The van der Waals surface area contributed by atoms with Gasteiger partial charge >= 0.3 is 12.2 Å². The first-order chi connectivity index (χ1) is 24.4. The van der Waals surface area contributed by atoms with E-state index in [-0.39, 0.29) is 32.5 Å². The Bertz CT molecular complexity index is 1460. The number of carbonyl (C=O) groups is 3. The van der Waals surface area contributed by atoms with Crippen LogP contribution in [0.2, 0.25) is 0 Å². The van der Waals surface area contributed by atoms with Gasteiger partial charge in [-0.3, -0.25) is 9.69 Å². The summed E-state index contributed by atoms with van der Waals surface area (Å²) in [6, 6.07) is 25.1. The van der Waals surface area contributed by atoms with Crippen LogP contribution in [0.3, 0.4) is 0 Å². The lowest BCUT2D eigenvalue weighted by molar-refractivity contribution is -0.125. The van der Waals surface area contributed by atoms with Crippen LogP contribution in [0, 0.1) is 0 Å². The predicted octanol–water partition coefficient (Wildman–Crippen LogP) is 3.67. The lowest BCUT2D eigenvalue weighted by Gasteiger charge is -2.39. The average Bonchev–Trinajstić information content (AvgIpc) is 3.09. The molecule has 0 aliphatic heterocycles. The summed E-state index contributed by atoms with van der Waals surface area (Å²) in [7, 11) is 0. The number of hydrogen-bond acceptors (Lipinski definition) is 9. The number of nitrogens with zero attached hydrogens (tertiary/aromatic N) is 1. The van der Waals surface area contributed by atoms with Gasteiger partial charge in [0.15, 0.2) is 0 Å². The number of aliphatic hydroxyl groups excluding tert-OH is 2. The Morgan fingerprint density at radius 2 is 1.31 bits per heavy atom. The number of nitrogens with one attached hydrogen (secondary N) is 2. The van der Waals surface area contributed by atoms with Gasteiger partial charge in [0.25, 0.3) is 0 Å². The number of amides is 3. The van der Waals surface area contributed by atoms with Crippen LogP contribution in [-0.4, -0.2) is 88.8 Å². The molecule has 0 spiro atoms. The second-order valence-corrected chi connectivity index (χ2v) is 13.6. The number of hydrogen-bond donors (Lipinski definition) is 6. The summed E-state index contributed by atoms with van der Waals surface area (Å²) in [6.07, 6.45) is -1.89. The van der Waals surface area contributed by atoms with E-state index in [0.29, 0.717) is 25.8 Å². The zero-order valence-electron chi connectivity index (χ0n) is 29.9. The lowest BCUT2D eigenvalue weighted by Crippen LogP contribution is -2.59. The third-order valence-electron chi connectivity index (χ3n) is 8.27. The summed E-state index contributed by atoms with van der Waals surface area (Å²) < 4.78 is 11.2. The van der Waals surface area contributed by atoms with Gasteiger partial charge in [-0.2, -0.15) is 0 Å². The van der Waals surface area contributed by atoms with Gasteiger partial charge < -0.3 is 41.8 Å². The van der Waals surface area contributed by atoms with Gasteiger partial charge in [-0.1, -0.05) is 91.0 Å². The first-order valence-corrected chi connectivity index (χ1v) is 17.5. The number of nitrogens with two attached hydrogens (primary N) is 2. The van der Waals surface area contributed by atoms with Crippen LogP contribution in [0.5, 0.6) is 0 Å². The SMILES string of the molecule is CC(C)(C)OC(=O)N[C@H](Cc1ccccc1)C(O)CNC[C@H](O)[C@@H](Cc1ccccc1)N(C(=O)OCc1ccccc1)[C@@H](CCCCN)C(N)=O. The summed E-state index contributed by atoms with van der Waals surface area (Å²) in [5.41, 5.74) is 13.4. The molecule has 0 fully saturated rings. The van der Waals surface area contributed by atoms with E-state index in [1.807, 2.05) is 91.0 Å². The van der Waals surface area contributed by atoms with Crippen LogP contribution in [0.1, 0.15) is 56.7 Å². The van der Waals surface area contributed by atoms with Gasteiger partial charge in [-0.15, -0.1) is 0 Å². The van der Waals surface area contributed by atoms with Crippen molar-refractivity contribution in [1.29, 1.82) is 0 Å². The molecule has 3 aromatic carbocycles. The van der Waals surface area contributed by atoms with Crippen molar-refractivity contribution in [2.75, 3.05) is 19.6 Å². The highest BCUT2D eigenvalue weighted by Crippen LogP contribution is 2.22. The Labute approximate surface area is 301 Å². The lowest BCUT2D eigenvalue weighted by atomic mass is 9.96. The molecule has 3 aromatic rings. The minimum atomic E-state index is -1.23. The smallest absolute Gasteiger partial charge is 0.411 e. The molecule has 0 radical (unpaired) electrons. The molecule has 0 aromatic heterocycles. The van der Waals surface area contributed by atoms with E-state index >= 15 is 0 Å². The van der Waals surface area contributed by atoms with Gasteiger partial charge in [0.05, 0.1) is 24.3 Å². The zero-order chi connectivity index (χ0) is 37.2. The normalized spacial score (nSPS) is 14.4. The van der Waals surface area contributed by atoms with Gasteiger partial charge in [0.2, 0.25) is 5.91 Å². The second-order valence-electron chi connectivity index (χ2n) is 13.6. The van der Waals surface area contributed by atoms with Crippen molar-refractivity contribution in [2.45, 2.75) is 95.4 Å². The maximum Gasteiger partial charge on any atom is 0.411 e. The summed E-state index contributed by atoms with van der Waals surface area (Å²) in [5, 5.41) is 29.0.